The Labute approximate surface area is 113 Å². The Kier molecular flexibility index (Phi) is 3.48. The second-order valence-electron chi connectivity index (χ2n) is 4.28. The molecule has 1 saturated carbocycles. The number of carboxylic acids is 1. The molecule has 1 aliphatic rings. The van der Waals surface area contributed by atoms with Crippen molar-refractivity contribution in [1.82, 2.24) is 4.72 Å². The second kappa shape index (κ2) is 4.64. The number of benzene rings is 1. The Hall–Kier alpha value is -0.920. The maximum atomic E-state index is 12.0. The first-order chi connectivity index (χ1) is 8.31. The van der Waals surface area contributed by atoms with Gasteiger partial charge in [0.1, 0.15) is 0 Å². The molecule has 0 bridgehead atoms. The molecule has 1 fully saturated rings. The lowest BCUT2D eigenvalue weighted by atomic mass is 10.1. The van der Waals surface area contributed by atoms with E-state index >= 15 is 0 Å². The third-order valence-electron chi connectivity index (χ3n) is 2.76. The van der Waals surface area contributed by atoms with Crippen molar-refractivity contribution in [1.29, 1.82) is 0 Å². The average molecular weight is 334 g/mol. The highest BCUT2D eigenvalue weighted by atomic mass is 79.9. The fourth-order valence-corrected chi connectivity index (χ4v) is 3.49. The van der Waals surface area contributed by atoms with Crippen LogP contribution < -0.4 is 4.72 Å². The number of carboxylic acid groups (broad SMARTS) is 1. The van der Waals surface area contributed by atoms with E-state index in [-0.39, 0.29) is 16.5 Å². The van der Waals surface area contributed by atoms with Crippen LogP contribution in [0.15, 0.2) is 21.5 Å². The summed E-state index contributed by atoms with van der Waals surface area (Å²) in [6.45, 7) is 1.62. The molecular formula is C11H12BrNO4S. The number of nitrogens with one attached hydrogen (secondary N) is 1. The van der Waals surface area contributed by atoms with Gasteiger partial charge in [-0.3, -0.25) is 0 Å². The molecule has 5 nitrogen and oxygen atoms in total. The van der Waals surface area contributed by atoms with Crippen molar-refractivity contribution < 1.29 is 18.3 Å². The molecule has 0 atom stereocenters. The van der Waals surface area contributed by atoms with Crippen molar-refractivity contribution in [3.63, 3.8) is 0 Å². The van der Waals surface area contributed by atoms with Crippen molar-refractivity contribution in [3.05, 3.63) is 27.7 Å². The molecular weight excluding hydrogens is 322 g/mol. The molecule has 0 aromatic heterocycles. The first-order valence-corrected chi connectivity index (χ1v) is 7.64. The summed E-state index contributed by atoms with van der Waals surface area (Å²) in [5, 5.41) is 9.04. The highest BCUT2D eigenvalue weighted by Crippen LogP contribution is 2.27. The molecule has 18 heavy (non-hydrogen) atoms. The van der Waals surface area contributed by atoms with Crippen LogP contribution >= 0.6 is 15.9 Å². The zero-order chi connectivity index (χ0) is 13.5. The summed E-state index contributed by atoms with van der Waals surface area (Å²) in [5.74, 6) is -1.14. The van der Waals surface area contributed by atoms with Crippen molar-refractivity contribution >= 4 is 31.9 Å². The summed E-state index contributed by atoms with van der Waals surface area (Å²) in [5.41, 5.74) is 0.494. The summed E-state index contributed by atoms with van der Waals surface area (Å²) in [6.07, 6.45) is 1.66. The molecule has 0 radical (unpaired) electrons. The minimum absolute atomic E-state index is 0.0108. The van der Waals surface area contributed by atoms with Gasteiger partial charge >= 0.3 is 5.97 Å². The van der Waals surface area contributed by atoms with Crippen LogP contribution in [-0.4, -0.2) is 25.5 Å². The third-order valence-corrected chi connectivity index (χ3v) is 5.08. The van der Waals surface area contributed by atoms with Gasteiger partial charge in [0.15, 0.2) is 0 Å². The number of aromatic carboxylic acids is 1. The van der Waals surface area contributed by atoms with Crippen LogP contribution in [0.4, 0.5) is 0 Å². The van der Waals surface area contributed by atoms with Gasteiger partial charge in [-0.05, 0) is 37.5 Å². The largest absolute Gasteiger partial charge is 0.478 e. The van der Waals surface area contributed by atoms with Gasteiger partial charge in [-0.2, -0.15) is 0 Å². The standard InChI is InChI=1S/C11H12BrNO4S/c1-6-9(11(14)15)4-8(5-10(6)12)18(16,17)13-7-2-3-7/h4-5,7,13H,2-3H2,1H3,(H,14,15). The molecule has 2 rings (SSSR count). The van der Waals surface area contributed by atoms with E-state index in [1.807, 2.05) is 0 Å². The highest BCUT2D eigenvalue weighted by molar-refractivity contribution is 9.10. The quantitative estimate of drug-likeness (QED) is 0.881. The minimum atomic E-state index is -3.64. The maximum absolute atomic E-state index is 12.0. The smallest absolute Gasteiger partial charge is 0.336 e. The van der Waals surface area contributed by atoms with Crippen molar-refractivity contribution in [3.8, 4) is 0 Å². The number of carbonyl (C=O) groups is 1. The molecule has 0 aliphatic heterocycles. The Balaban J connectivity index is 2.48. The van der Waals surface area contributed by atoms with Crippen LogP contribution in [0, 0.1) is 6.92 Å². The molecule has 7 heteroatoms. The van der Waals surface area contributed by atoms with Crippen molar-refractivity contribution in [2.24, 2.45) is 0 Å². The van der Waals surface area contributed by atoms with E-state index in [1.54, 1.807) is 6.92 Å². The molecule has 98 valence electrons. The van der Waals surface area contributed by atoms with E-state index in [4.69, 9.17) is 5.11 Å². The minimum Gasteiger partial charge on any atom is -0.478 e. The van der Waals surface area contributed by atoms with Crippen LogP contribution in [0.1, 0.15) is 28.8 Å². The molecule has 0 heterocycles. The Morgan fingerprint density at radius 2 is 2.06 bits per heavy atom. The lowest BCUT2D eigenvalue weighted by Crippen LogP contribution is -2.26. The molecule has 0 spiro atoms. The molecule has 0 unspecified atom stereocenters. The predicted molar refractivity (Wildman–Crippen MR) is 69.2 cm³/mol. The van der Waals surface area contributed by atoms with Crippen LogP contribution in [-0.2, 0) is 10.0 Å². The number of sulfonamides is 1. The van der Waals surface area contributed by atoms with E-state index in [2.05, 4.69) is 20.7 Å². The lowest BCUT2D eigenvalue weighted by Gasteiger charge is -2.09. The van der Waals surface area contributed by atoms with Gasteiger partial charge in [-0.15, -0.1) is 0 Å². The Morgan fingerprint density at radius 3 is 2.56 bits per heavy atom. The van der Waals surface area contributed by atoms with Gasteiger partial charge in [-0.25, -0.2) is 17.9 Å². The van der Waals surface area contributed by atoms with Gasteiger partial charge in [0.2, 0.25) is 10.0 Å². The Bertz CT molecular complexity index is 608. The average Bonchev–Trinajstić information content (AvgIpc) is 3.04. The molecule has 1 aromatic carbocycles. The van der Waals surface area contributed by atoms with Crippen LogP contribution in [0.25, 0.3) is 0 Å². The van der Waals surface area contributed by atoms with Crippen LogP contribution in [0.3, 0.4) is 0 Å². The summed E-state index contributed by atoms with van der Waals surface area (Å²) in [6, 6.07) is 2.60. The van der Waals surface area contributed by atoms with Gasteiger partial charge in [0.25, 0.3) is 0 Å². The predicted octanol–water partition coefficient (Wildman–Crippen LogP) is 1.90. The summed E-state index contributed by atoms with van der Waals surface area (Å²) < 4.78 is 27.0. The Morgan fingerprint density at radius 1 is 1.44 bits per heavy atom. The number of hydrogen-bond acceptors (Lipinski definition) is 3. The van der Waals surface area contributed by atoms with Gasteiger partial charge in [0, 0.05) is 10.5 Å². The number of hydrogen-bond donors (Lipinski definition) is 2. The zero-order valence-electron chi connectivity index (χ0n) is 9.60. The topological polar surface area (TPSA) is 83.5 Å². The fourth-order valence-electron chi connectivity index (χ4n) is 1.52. The van der Waals surface area contributed by atoms with E-state index in [9.17, 15) is 13.2 Å². The second-order valence-corrected chi connectivity index (χ2v) is 6.85. The van der Waals surface area contributed by atoms with Gasteiger partial charge < -0.3 is 5.11 Å². The third kappa shape index (κ3) is 2.73. The van der Waals surface area contributed by atoms with Gasteiger partial charge in [0.05, 0.1) is 10.5 Å². The van der Waals surface area contributed by atoms with E-state index in [0.29, 0.717) is 10.0 Å². The normalized spacial score (nSPS) is 15.7. The van der Waals surface area contributed by atoms with Crippen molar-refractivity contribution in [2.45, 2.75) is 30.7 Å². The van der Waals surface area contributed by atoms with E-state index in [0.717, 1.165) is 12.8 Å². The van der Waals surface area contributed by atoms with E-state index in [1.165, 1.54) is 12.1 Å². The molecule has 1 aromatic rings. The maximum Gasteiger partial charge on any atom is 0.336 e. The highest BCUT2D eigenvalue weighted by Gasteiger charge is 2.29. The van der Waals surface area contributed by atoms with Crippen LogP contribution in [0.2, 0.25) is 0 Å². The van der Waals surface area contributed by atoms with E-state index < -0.39 is 16.0 Å². The number of halogens is 1. The molecule has 0 saturated heterocycles. The summed E-state index contributed by atoms with van der Waals surface area (Å²) in [4.78, 5) is 11.0. The first-order valence-electron chi connectivity index (χ1n) is 5.37. The lowest BCUT2D eigenvalue weighted by molar-refractivity contribution is 0.0695. The van der Waals surface area contributed by atoms with Gasteiger partial charge in [-0.1, -0.05) is 15.9 Å². The molecule has 0 amide bonds. The molecule has 2 N–H and O–H groups in total. The molecule has 1 aliphatic carbocycles. The first kappa shape index (κ1) is 13.5. The monoisotopic (exact) mass is 333 g/mol. The summed E-state index contributed by atoms with van der Waals surface area (Å²) >= 11 is 3.18. The van der Waals surface area contributed by atoms with Crippen LogP contribution in [0.5, 0.6) is 0 Å². The van der Waals surface area contributed by atoms with Crippen molar-refractivity contribution in [2.75, 3.05) is 0 Å². The zero-order valence-corrected chi connectivity index (χ0v) is 12.0. The summed E-state index contributed by atoms with van der Waals surface area (Å²) in [7, 11) is -3.64. The number of rotatable bonds is 4. The fraction of sp³-hybridized carbons (Fsp3) is 0.364. The SMILES string of the molecule is Cc1c(Br)cc(S(=O)(=O)NC2CC2)cc1C(=O)O.